The van der Waals surface area contributed by atoms with Gasteiger partial charge in [0.1, 0.15) is 11.6 Å². The number of ether oxygens (including phenoxy) is 2. The van der Waals surface area contributed by atoms with Crippen LogP contribution in [0, 0.1) is 5.82 Å². The molecule has 0 saturated heterocycles. The van der Waals surface area contributed by atoms with Crippen LogP contribution in [-0.4, -0.2) is 19.0 Å². The largest absolute Gasteiger partial charge is 0.497 e. The third-order valence-electron chi connectivity index (χ3n) is 3.11. The van der Waals surface area contributed by atoms with Crippen LogP contribution in [0.1, 0.15) is 11.1 Å². The van der Waals surface area contributed by atoms with Crippen molar-refractivity contribution in [2.75, 3.05) is 7.11 Å². The molecule has 4 nitrogen and oxygen atoms in total. The molecular formula is C17H12FNO3. The molecule has 0 fully saturated rings. The minimum absolute atomic E-state index is 0.171. The van der Waals surface area contributed by atoms with Crippen molar-refractivity contribution in [1.29, 1.82) is 0 Å². The van der Waals surface area contributed by atoms with E-state index >= 15 is 0 Å². The standard InChI is InChI=1S/C17H12FNO3/c1-21-14-4-2-3-12(10-14)16-19-15(17(20)22-16)9-11-5-7-13(18)8-6-11/h2-10H,1H3/b15-9+. The van der Waals surface area contributed by atoms with Crippen molar-refractivity contribution >= 4 is 17.9 Å². The number of rotatable bonds is 3. The highest BCUT2D eigenvalue weighted by molar-refractivity contribution is 6.12. The first-order valence-electron chi connectivity index (χ1n) is 6.58. The number of aliphatic imine (C=N–C) groups is 1. The van der Waals surface area contributed by atoms with Crippen molar-refractivity contribution in [3.63, 3.8) is 0 Å². The zero-order valence-electron chi connectivity index (χ0n) is 11.7. The first-order chi connectivity index (χ1) is 10.7. The Kier molecular flexibility index (Phi) is 3.70. The highest BCUT2D eigenvalue weighted by Gasteiger charge is 2.24. The molecule has 0 saturated carbocycles. The quantitative estimate of drug-likeness (QED) is 0.646. The molecule has 0 aromatic heterocycles. The third kappa shape index (κ3) is 2.88. The molecule has 2 aromatic carbocycles. The number of cyclic esters (lactones) is 1. The number of hydrogen-bond donors (Lipinski definition) is 0. The van der Waals surface area contributed by atoms with Crippen LogP contribution in [0.3, 0.4) is 0 Å². The summed E-state index contributed by atoms with van der Waals surface area (Å²) in [5.41, 5.74) is 1.49. The van der Waals surface area contributed by atoms with Crippen molar-refractivity contribution in [3.05, 3.63) is 71.2 Å². The zero-order chi connectivity index (χ0) is 15.5. The Hall–Kier alpha value is -2.95. The SMILES string of the molecule is COc1cccc(C2=N/C(=C/c3ccc(F)cc3)C(=O)O2)c1. The molecule has 0 atom stereocenters. The molecule has 0 N–H and O–H groups in total. The van der Waals surface area contributed by atoms with Crippen LogP contribution in [-0.2, 0) is 9.53 Å². The topological polar surface area (TPSA) is 47.9 Å². The number of halogens is 1. The fourth-order valence-electron chi connectivity index (χ4n) is 2.01. The molecule has 1 aliphatic heterocycles. The molecular weight excluding hydrogens is 285 g/mol. The molecule has 0 spiro atoms. The van der Waals surface area contributed by atoms with Gasteiger partial charge in [-0.3, -0.25) is 0 Å². The van der Waals surface area contributed by atoms with Gasteiger partial charge in [-0.2, -0.15) is 0 Å². The number of carbonyl (C=O) groups is 1. The molecule has 0 bridgehead atoms. The summed E-state index contributed by atoms with van der Waals surface area (Å²) >= 11 is 0. The van der Waals surface area contributed by atoms with Gasteiger partial charge >= 0.3 is 5.97 Å². The summed E-state index contributed by atoms with van der Waals surface area (Å²) in [5.74, 6) is -0.0108. The van der Waals surface area contributed by atoms with Gasteiger partial charge in [-0.15, -0.1) is 0 Å². The average molecular weight is 297 g/mol. The number of benzene rings is 2. The van der Waals surface area contributed by atoms with Crippen molar-refractivity contribution < 1.29 is 18.7 Å². The van der Waals surface area contributed by atoms with Gasteiger partial charge in [0.05, 0.1) is 7.11 Å². The molecule has 22 heavy (non-hydrogen) atoms. The third-order valence-corrected chi connectivity index (χ3v) is 3.11. The van der Waals surface area contributed by atoms with Gasteiger partial charge in [0.2, 0.25) is 5.90 Å². The van der Waals surface area contributed by atoms with Gasteiger partial charge in [0, 0.05) is 5.56 Å². The van der Waals surface area contributed by atoms with Crippen LogP contribution in [0.5, 0.6) is 5.75 Å². The minimum atomic E-state index is -0.540. The summed E-state index contributed by atoms with van der Waals surface area (Å²) in [4.78, 5) is 16.1. The molecule has 2 aromatic rings. The van der Waals surface area contributed by atoms with E-state index in [4.69, 9.17) is 9.47 Å². The van der Waals surface area contributed by atoms with Crippen LogP contribution in [0.15, 0.2) is 59.2 Å². The summed E-state index contributed by atoms with van der Waals surface area (Å²) in [6.07, 6.45) is 1.55. The van der Waals surface area contributed by atoms with Gasteiger partial charge in [-0.05, 0) is 42.0 Å². The summed E-state index contributed by atoms with van der Waals surface area (Å²) < 4.78 is 23.2. The first kappa shape index (κ1) is 14.0. The van der Waals surface area contributed by atoms with Gasteiger partial charge in [-0.1, -0.05) is 18.2 Å². The second-order valence-corrected chi connectivity index (χ2v) is 4.62. The van der Waals surface area contributed by atoms with E-state index in [9.17, 15) is 9.18 Å². The Morgan fingerprint density at radius 2 is 1.95 bits per heavy atom. The highest BCUT2D eigenvalue weighted by atomic mass is 19.1. The van der Waals surface area contributed by atoms with Crippen LogP contribution in [0.2, 0.25) is 0 Å². The lowest BCUT2D eigenvalue weighted by atomic mass is 10.2. The van der Waals surface area contributed by atoms with Gasteiger partial charge in [0.25, 0.3) is 0 Å². The summed E-state index contributed by atoms with van der Waals surface area (Å²) in [7, 11) is 1.56. The maximum Gasteiger partial charge on any atom is 0.363 e. The maximum absolute atomic E-state index is 12.9. The lowest BCUT2D eigenvalue weighted by Crippen LogP contribution is -2.05. The summed E-state index contributed by atoms with van der Waals surface area (Å²) in [5, 5.41) is 0. The van der Waals surface area contributed by atoms with Gasteiger partial charge in [-0.25, -0.2) is 14.2 Å². The normalized spacial score (nSPS) is 15.6. The average Bonchev–Trinajstić information content (AvgIpc) is 2.91. The Labute approximate surface area is 126 Å². The molecule has 0 radical (unpaired) electrons. The van der Waals surface area contributed by atoms with Gasteiger partial charge < -0.3 is 9.47 Å². The summed E-state index contributed by atoms with van der Waals surface area (Å²) in [6, 6.07) is 12.8. The second kappa shape index (κ2) is 5.81. The molecule has 1 heterocycles. The fraction of sp³-hybridized carbons (Fsp3) is 0.0588. The molecule has 110 valence electrons. The number of nitrogens with zero attached hydrogens (tertiary/aromatic N) is 1. The van der Waals surface area contributed by atoms with Gasteiger partial charge in [0.15, 0.2) is 5.70 Å². The predicted molar refractivity (Wildman–Crippen MR) is 80.0 cm³/mol. The Bertz CT molecular complexity index is 779. The monoisotopic (exact) mass is 297 g/mol. The lowest BCUT2D eigenvalue weighted by molar-refractivity contribution is -0.129. The van der Waals surface area contributed by atoms with Crippen LogP contribution >= 0.6 is 0 Å². The molecule has 5 heteroatoms. The molecule has 0 unspecified atom stereocenters. The van der Waals surface area contributed by atoms with Crippen LogP contribution < -0.4 is 4.74 Å². The maximum atomic E-state index is 12.9. The van der Waals surface area contributed by atoms with Crippen LogP contribution in [0.25, 0.3) is 6.08 Å². The molecule has 0 aliphatic carbocycles. The summed E-state index contributed by atoms with van der Waals surface area (Å²) in [6.45, 7) is 0. The molecule has 0 amide bonds. The number of esters is 1. The Balaban J connectivity index is 1.92. The smallest absolute Gasteiger partial charge is 0.363 e. The van der Waals surface area contributed by atoms with Crippen molar-refractivity contribution in [2.45, 2.75) is 0 Å². The van der Waals surface area contributed by atoms with E-state index in [1.165, 1.54) is 12.1 Å². The predicted octanol–water partition coefficient (Wildman–Crippen LogP) is 3.18. The Morgan fingerprint density at radius 3 is 2.68 bits per heavy atom. The number of carbonyl (C=O) groups excluding carboxylic acids is 1. The fourth-order valence-corrected chi connectivity index (χ4v) is 2.01. The van der Waals surface area contributed by atoms with Crippen molar-refractivity contribution in [2.24, 2.45) is 4.99 Å². The van der Waals surface area contributed by atoms with E-state index in [2.05, 4.69) is 4.99 Å². The van der Waals surface area contributed by atoms with E-state index in [0.717, 1.165) is 0 Å². The van der Waals surface area contributed by atoms with E-state index in [1.54, 1.807) is 49.6 Å². The highest BCUT2D eigenvalue weighted by Crippen LogP contribution is 2.21. The number of hydrogen-bond acceptors (Lipinski definition) is 4. The lowest BCUT2D eigenvalue weighted by Gasteiger charge is -2.02. The van der Waals surface area contributed by atoms with E-state index < -0.39 is 5.97 Å². The molecule has 1 aliphatic rings. The van der Waals surface area contributed by atoms with Crippen LogP contribution in [0.4, 0.5) is 4.39 Å². The zero-order valence-corrected chi connectivity index (χ0v) is 11.7. The molecule has 3 rings (SSSR count). The Morgan fingerprint density at radius 1 is 1.18 bits per heavy atom. The second-order valence-electron chi connectivity index (χ2n) is 4.62. The van der Waals surface area contributed by atoms with Crippen molar-refractivity contribution in [3.8, 4) is 5.75 Å². The van der Waals surface area contributed by atoms with Crippen molar-refractivity contribution in [1.82, 2.24) is 0 Å². The number of methoxy groups -OCH3 is 1. The van der Waals surface area contributed by atoms with E-state index in [-0.39, 0.29) is 17.4 Å². The van der Waals surface area contributed by atoms with E-state index in [1.807, 2.05) is 0 Å². The first-order valence-corrected chi connectivity index (χ1v) is 6.58. The van der Waals surface area contributed by atoms with E-state index in [0.29, 0.717) is 16.9 Å². The minimum Gasteiger partial charge on any atom is -0.497 e.